The highest BCUT2D eigenvalue weighted by atomic mass is 16.5. The van der Waals surface area contributed by atoms with Gasteiger partial charge in [0.05, 0.1) is 24.2 Å². The summed E-state index contributed by atoms with van der Waals surface area (Å²) in [4.78, 5) is 6.57. The second kappa shape index (κ2) is 7.45. The molecular weight excluding hydrogens is 254 g/mol. The predicted octanol–water partition coefficient (Wildman–Crippen LogP) is 1.81. The van der Waals surface area contributed by atoms with Crippen LogP contribution in [0.3, 0.4) is 0 Å². The summed E-state index contributed by atoms with van der Waals surface area (Å²) >= 11 is 0. The number of aromatic nitrogens is 1. The van der Waals surface area contributed by atoms with Gasteiger partial charge < -0.3 is 20.1 Å². The number of rotatable bonds is 6. The van der Waals surface area contributed by atoms with E-state index in [-0.39, 0.29) is 12.1 Å². The minimum absolute atomic E-state index is 0.121. The number of piperidine rings is 1. The molecule has 1 saturated heterocycles. The van der Waals surface area contributed by atoms with E-state index >= 15 is 0 Å². The Morgan fingerprint density at radius 3 is 3.10 bits per heavy atom. The largest absolute Gasteiger partial charge is 0.489 e. The van der Waals surface area contributed by atoms with Gasteiger partial charge in [-0.3, -0.25) is 4.98 Å². The lowest BCUT2D eigenvalue weighted by molar-refractivity contribution is 0.135. The van der Waals surface area contributed by atoms with Gasteiger partial charge >= 0.3 is 0 Å². The molecule has 20 heavy (non-hydrogen) atoms. The van der Waals surface area contributed by atoms with E-state index in [4.69, 9.17) is 15.2 Å². The molecule has 2 N–H and O–H groups in total. The monoisotopic (exact) mass is 279 g/mol. The second-order valence-electron chi connectivity index (χ2n) is 5.44. The summed E-state index contributed by atoms with van der Waals surface area (Å²) in [6.45, 7) is 4.68. The lowest BCUT2D eigenvalue weighted by atomic mass is 10.1. The molecule has 2 rings (SSSR count). The molecule has 0 saturated carbocycles. The van der Waals surface area contributed by atoms with Crippen LogP contribution in [0.5, 0.6) is 5.75 Å². The SMILES string of the molecule is COCCC(C)Oc1cncc(N2CCCC(N)C2)c1. The quantitative estimate of drug-likeness (QED) is 0.860. The van der Waals surface area contributed by atoms with E-state index in [9.17, 15) is 0 Å². The van der Waals surface area contributed by atoms with Crippen molar-refractivity contribution in [2.75, 3.05) is 31.7 Å². The minimum atomic E-state index is 0.121. The van der Waals surface area contributed by atoms with E-state index in [0.717, 1.165) is 43.8 Å². The third kappa shape index (κ3) is 4.35. The molecule has 1 aromatic heterocycles. The first-order chi connectivity index (χ1) is 9.69. The van der Waals surface area contributed by atoms with Crippen LogP contribution in [-0.2, 0) is 4.74 Å². The fraction of sp³-hybridized carbons (Fsp3) is 0.667. The molecule has 0 amide bonds. The first kappa shape index (κ1) is 15.1. The number of hydrogen-bond acceptors (Lipinski definition) is 5. The zero-order chi connectivity index (χ0) is 14.4. The molecule has 0 aromatic carbocycles. The van der Waals surface area contributed by atoms with Gasteiger partial charge in [0.25, 0.3) is 0 Å². The maximum absolute atomic E-state index is 6.03. The van der Waals surface area contributed by atoms with Gasteiger partial charge in [0.2, 0.25) is 0 Å². The van der Waals surface area contributed by atoms with Crippen molar-refractivity contribution in [3.05, 3.63) is 18.5 Å². The van der Waals surface area contributed by atoms with Crippen molar-refractivity contribution < 1.29 is 9.47 Å². The molecule has 1 fully saturated rings. The number of nitrogens with two attached hydrogens (primary N) is 1. The molecule has 0 aliphatic carbocycles. The Balaban J connectivity index is 1.96. The average molecular weight is 279 g/mol. The van der Waals surface area contributed by atoms with Crippen molar-refractivity contribution in [2.24, 2.45) is 5.73 Å². The van der Waals surface area contributed by atoms with Gasteiger partial charge in [0.15, 0.2) is 0 Å². The van der Waals surface area contributed by atoms with E-state index < -0.39 is 0 Å². The maximum atomic E-state index is 6.03. The first-order valence-corrected chi connectivity index (χ1v) is 7.30. The van der Waals surface area contributed by atoms with Crippen LogP contribution in [-0.4, -0.2) is 43.9 Å². The topological polar surface area (TPSA) is 60.6 Å². The highest BCUT2D eigenvalue weighted by molar-refractivity contribution is 5.48. The Morgan fingerprint density at radius 2 is 2.35 bits per heavy atom. The van der Waals surface area contributed by atoms with E-state index in [1.165, 1.54) is 0 Å². The van der Waals surface area contributed by atoms with Crippen LogP contribution < -0.4 is 15.4 Å². The highest BCUT2D eigenvalue weighted by Crippen LogP contribution is 2.23. The lowest BCUT2D eigenvalue weighted by Crippen LogP contribution is -2.42. The smallest absolute Gasteiger partial charge is 0.140 e. The predicted molar refractivity (Wildman–Crippen MR) is 80.2 cm³/mol. The first-order valence-electron chi connectivity index (χ1n) is 7.30. The van der Waals surface area contributed by atoms with Crippen molar-refractivity contribution in [3.63, 3.8) is 0 Å². The number of hydrogen-bond donors (Lipinski definition) is 1. The zero-order valence-corrected chi connectivity index (χ0v) is 12.4. The van der Waals surface area contributed by atoms with Crippen LogP contribution in [0.1, 0.15) is 26.2 Å². The summed E-state index contributed by atoms with van der Waals surface area (Å²) in [5.41, 5.74) is 7.12. The maximum Gasteiger partial charge on any atom is 0.140 e. The molecule has 2 unspecified atom stereocenters. The van der Waals surface area contributed by atoms with Crippen LogP contribution >= 0.6 is 0 Å². The number of nitrogens with zero attached hydrogens (tertiary/aromatic N) is 2. The molecule has 2 atom stereocenters. The molecule has 5 nitrogen and oxygen atoms in total. The number of anilines is 1. The zero-order valence-electron chi connectivity index (χ0n) is 12.4. The van der Waals surface area contributed by atoms with Crippen molar-refractivity contribution >= 4 is 5.69 Å². The van der Waals surface area contributed by atoms with Crippen molar-refractivity contribution in [3.8, 4) is 5.75 Å². The molecule has 2 heterocycles. The van der Waals surface area contributed by atoms with Gasteiger partial charge in [-0.25, -0.2) is 0 Å². The van der Waals surface area contributed by atoms with Gasteiger partial charge in [-0.2, -0.15) is 0 Å². The summed E-state index contributed by atoms with van der Waals surface area (Å²) in [5.74, 6) is 0.810. The number of ether oxygens (including phenoxy) is 2. The molecule has 1 aliphatic heterocycles. The van der Waals surface area contributed by atoms with Crippen LogP contribution in [0.4, 0.5) is 5.69 Å². The minimum Gasteiger partial charge on any atom is -0.489 e. The number of pyridine rings is 1. The van der Waals surface area contributed by atoms with Crippen LogP contribution in [0.2, 0.25) is 0 Å². The fourth-order valence-corrected chi connectivity index (χ4v) is 2.46. The highest BCUT2D eigenvalue weighted by Gasteiger charge is 2.17. The Kier molecular flexibility index (Phi) is 5.61. The van der Waals surface area contributed by atoms with E-state index in [1.807, 2.05) is 19.2 Å². The van der Waals surface area contributed by atoms with E-state index in [2.05, 4.69) is 9.88 Å². The molecule has 5 heteroatoms. The third-order valence-corrected chi connectivity index (χ3v) is 3.59. The van der Waals surface area contributed by atoms with Gasteiger partial charge in [0, 0.05) is 45.3 Å². The molecule has 1 aromatic rings. The second-order valence-corrected chi connectivity index (χ2v) is 5.44. The summed E-state index contributed by atoms with van der Waals surface area (Å²) in [7, 11) is 1.70. The summed E-state index contributed by atoms with van der Waals surface area (Å²) in [5, 5.41) is 0. The molecule has 112 valence electrons. The molecule has 0 spiro atoms. The lowest BCUT2D eigenvalue weighted by Gasteiger charge is -2.32. The molecule has 1 aliphatic rings. The van der Waals surface area contributed by atoms with Gasteiger partial charge in [-0.05, 0) is 19.8 Å². The fourth-order valence-electron chi connectivity index (χ4n) is 2.46. The average Bonchev–Trinajstić information content (AvgIpc) is 2.45. The Morgan fingerprint density at radius 1 is 1.50 bits per heavy atom. The summed E-state index contributed by atoms with van der Waals surface area (Å²) in [6.07, 6.45) is 6.87. The van der Waals surface area contributed by atoms with E-state index in [1.54, 1.807) is 13.3 Å². The Bertz CT molecular complexity index is 414. The Labute approximate surface area is 121 Å². The number of methoxy groups -OCH3 is 1. The van der Waals surface area contributed by atoms with Gasteiger partial charge in [0.1, 0.15) is 5.75 Å². The van der Waals surface area contributed by atoms with Crippen LogP contribution in [0, 0.1) is 0 Å². The van der Waals surface area contributed by atoms with Crippen LogP contribution in [0.25, 0.3) is 0 Å². The normalized spacial score (nSPS) is 20.8. The van der Waals surface area contributed by atoms with Crippen molar-refractivity contribution in [1.82, 2.24) is 4.98 Å². The molecular formula is C15H25N3O2. The van der Waals surface area contributed by atoms with Crippen LogP contribution in [0.15, 0.2) is 18.5 Å². The summed E-state index contributed by atoms with van der Waals surface area (Å²) < 4.78 is 10.9. The third-order valence-electron chi connectivity index (χ3n) is 3.59. The summed E-state index contributed by atoms with van der Waals surface area (Å²) in [6, 6.07) is 2.31. The van der Waals surface area contributed by atoms with Crippen molar-refractivity contribution in [1.29, 1.82) is 0 Å². The standard InChI is InChI=1S/C15H25N3O2/c1-12(5-7-19-2)20-15-8-14(9-17-10-15)18-6-3-4-13(16)11-18/h8-10,12-13H,3-7,11,16H2,1-2H3. The van der Waals surface area contributed by atoms with E-state index in [0.29, 0.717) is 6.61 Å². The molecule has 0 radical (unpaired) electrons. The van der Waals surface area contributed by atoms with Gasteiger partial charge in [-0.15, -0.1) is 0 Å². The Hall–Kier alpha value is -1.33. The van der Waals surface area contributed by atoms with Crippen molar-refractivity contribution in [2.45, 2.75) is 38.3 Å². The molecule has 0 bridgehead atoms. The van der Waals surface area contributed by atoms with Gasteiger partial charge in [-0.1, -0.05) is 0 Å².